The number of nitrogens with zero attached hydrogens (tertiary/aromatic N) is 1. The molecule has 0 unspecified atom stereocenters. The molecule has 3 rings (SSSR count). The number of halogens is 1. The van der Waals surface area contributed by atoms with Gasteiger partial charge in [0.25, 0.3) is 0 Å². The first-order valence-corrected chi connectivity index (χ1v) is 10.3. The molecule has 1 amide bonds. The number of rotatable bonds is 7. The summed E-state index contributed by atoms with van der Waals surface area (Å²) in [5.74, 6) is -0.146. The normalized spacial score (nSPS) is 15.2. The molecule has 1 heterocycles. The zero-order valence-corrected chi connectivity index (χ0v) is 16.2. The summed E-state index contributed by atoms with van der Waals surface area (Å²) in [4.78, 5) is 16.0. The molecule has 1 saturated carbocycles. The van der Waals surface area contributed by atoms with Crippen LogP contribution < -0.4 is 5.32 Å². The van der Waals surface area contributed by atoms with E-state index in [4.69, 9.17) is 0 Å². The van der Waals surface area contributed by atoms with E-state index in [1.165, 1.54) is 41.8 Å². The topological polar surface area (TPSA) is 32.3 Å². The molecule has 1 aliphatic carbocycles. The molecular formula is C21H27FN2OS. The van der Waals surface area contributed by atoms with Crippen LogP contribution >= 0.6 is 11.3 Å². The minimum absolute atomic E-state index is 0.104. The van der Waals surface area contributed by atoms with Crippen molar-refractivity contribution in [1.29, 1.82) is 0 Å². The highest BCUT2D eigenvalue weighted by molar-refractivity contribution is 7.10. The van der Waals surface area contributed by atoms with Crippen LogP contribution in [0.5, 0.6) is 0 Å². The van der Waals surface area contributed by atoms with E-state index in [1.807, 2.05) is 4.90 Å². The summed E-state index contributed by atoms with van der Waals surface area (Å²) >= 11 is 1.68. The Hall–Kier alpha value is -1.72. The number of amides is 1. The average molecular weight is 375 g/mol. The first-order chi connectivity index (χ1) is 12.6. The molecule has 5 heteroatoms. The van der Waals surface area contributed by atoms with E-state index in [1.54, 1.807) is 23.5 Å². The molecule has 1 N–H and O–H groups in total. The summed E-state index contributed by atoms with van der Waals surface area (Å²) in [6.45, 7) is 3.55. The van der Waals surface area contributed by atoms with E-state index < -0.39 is 0 Å². The molecule has 0 aliphatic heterocycles. The van der Waals surface area contributed by atoms with E-state index in [9.17, 15) is 9.18 Å². The van der Waals surface area contributed by atoms with E-state index in [0.717, 1.165) is 18.4 Å². The van der Waals surface area contributed by atoms with Gasteiger partial charge in [0.15, 0.2) is 0 Å². The maximum atomic E-state index is 13.2. The van der Waals surface area contributed by atoms with Crippen LogP contribution in [0.25, 0.3) is 0 Å². The lowest BCUT2D eigenvalue weighted by Gasteiger charge is -2.26. The number of hydrogen-bond acceptors (Lipinski definition) is 3. The standard InChI is InChI=1S/C21H27FN2OS/c1-16-11-12-26-20(16)15-24(14-17-7-9-18(22)10-8-17)21(25)13-23-19-5-3-2-4-6-19/h7-12,19,23H,2-6,13-15H2,1H3. The Morgan fingerprint density at radius 1 is 1.15 bits per heavy atom. The largest absolute Gasteiger partial charge is 0.332 e. The van der Waals surface area contributed by atoms with Gasteiger partial charge in [0.2, 0.25) is 5.91 Å². The minimum Gasteiger partial charge on any atom is -0.332 e. The van der Waals surface area contributed by atoms with Crippen molar-refractivity contribution in [2.75, 3.05) is 6.54 Å². The summed E-state index contributed by atoms with van der Waals surface area (Å²) < 4.78 is 13.2. The second kappa shape index (κ2) is 9.28. The van der Waals surface area contributed by atoms with Gasteiger partial charge in [0, 0.05) is 17.5 Å². The fraction of sp³-hybridized carbons (Fsp3) is 0.476. The smallest absolute Gasteiger partial charge is 0.237 e. The van der Waals surface area contributed by atoms with E-state index in [0.29, 0.717) is 25.7 Å². The fourth-order valence-corrected chi connectivity index (χ4v) is 4.35. The van der Waals surface area contributed by atoms with Gasteiger partial charge in [0.05, 0.1) is 13.1 Å². The van der Waals surface area contributed by atoms with Gasteiger partial charge in [-0.15, -0.1) is 11.3 Å². The van der Waals surface area contributed by atoms with Gasteiger partial charge >= 0.3 is 0 Å². The molecule has 3 nitrogen and oxygen atoms in total. The predicted molar refractivity (Wildman–Crippen MR) is 105 cm³/mol. The lowest BCUT2D eigenvalue weighted by Crippen LogP contribution is -2.41. The second-order valence-corrected chi connectivity index (χ2v) is 8.12. The minimum atomic E-state index is -0.250. The Bertz CT molecular complexity index is 707. The molecule has 2 aromatic rings. The maximum absolute atomic E-state index is 13.2. The number of carbonyl (C=O) groups is 1. The van der Waals surface area contributed by atoms with Gasteiger partial charge in [-0.2, -0.15) is 0 Å². The molecule has 140 valence electrons. The molecule has 0 spiro atoms. The van der Waals surface area contributed by atoms with Gasteiger partial charge in [0.1, 0.15) is 5.82 Å². The summed E-state index contributed by atoms with van der Waals surface area (Å²) in [7, 11) is 0. The number of aryl methyl sites for hydroxylation is 1. The monoisotopic (exact) mass is 374 g/mol. The summed E-state index contributed by atoms with van der Waals surface area (Å²) in [5.41, 5.74) is 2.17. The first-order valence-electron chi connectivity index (χ1n) is 9.40. The highest BCUT2D eigenvalue weighted by atomic mass is 32.1. The van der Waals surface area contributed by atoms with Gasteiger partial charge < -0.3 is 10.2 Å². The summed E-state index contributed by atoms with van der Waals surface area (Å²) in [6.07, 6.45) is 6.13. The summed E-state index contributed by atoms with van der Waals surface area (Å²) in [6, 6.07) is 8.96. The van der Waals surface area contributed by atoms with Crippen LogP contribution in [-0.2, 0) is 17.9 Å². The third-order valence-corrected chi connectivity index (χ3v) is 6.10. The number of carbonyl (C=O) groups excluding carboxylic acids is 1. The predicted octanol–water partition coefficient (Wildman–Crippen LogP) is 4.65. The molecule has 26 heavy (non-hydrogen) atoms. The number of thiophene rings is 1. The molecule has 1 aromatic heterocycles. The first kappa shape index (κ1) is 19.1. The molecule has 0 saturated heterocycles. The van der Waals surface area contributed by atoms with Crippen molar-refractivity contribution in [3.63, 3.8) is 0 Å². The van der Waals surface area contributed by atoms with Crippen LogP contribution in [0.15, 0.2) is 35.7 Å². The highest BCUT2D eigenvalue weighted by Crippen LogP contribution is 2.20. The van der Waals surface area contributed by atoms with Crippen molar-refractivity contribution < 1.29 is 9.18 Å². The molecular weight excluding hydrogens is 347 g/mol. The highest BCUT2D eigenvalue weighted by Gasteiger charge is 2.19. The van der Waals surface area contributed by atoms with Crippen molar-refractivity contribution >= 4 is 17.2 Å². The zero-order chi connectivity index (χ0) is 18.4. The van der Waals surface area contributed by atoms with Crippen LogP contribution in [0.3, 0.4) is 0 Å². The quantitative estimate of drug-likeness (QED) is 0.765. The zero-order valence-electron chi connectivity index (χ0n) is 15.3. The van der Waals surface area contributed by atoms with Gasteiger partial charge in [-0.3, -0.25) is 4.79 Å². The SMILES string of the molecule is Cc1ccsc1CN(Cc1ccc(F)cc1)C(=O)CNC1CCCCC1. The Morgan fingerprint density at radius 2 is 1.88 bits per heavy atom. The van der Waals surface area contributed by atoms with Crippen LogP contribution in [0.2, 0.25) is 0 Å². The lowest BCUT2D eigenvalue weighted by molar-refractivity contribution is -0.131. The molecule has 1 aliphatic rings. The molecule has 0 radical (unpaired) electrons. The van der Waals surface area contributed by atoms with E-state index in [-0.39, 0.29) is 11.7 Å². The van der Waals surface area contributed by atoms with Crippen LogP contribution in [0, 0.1) is 12.7 Å². The van der Waals surface area contributed by atoms with Gasteiger partial charge in [-0.25, -0.2) is 4.39 Å². The maximum Gasteiger partial charge on any atom is 0.237 e. The molecule has 0 atom stereocenters. The molecule has 0 bridgehead atoms. The number of benzene rings is 1. The molecule has 1 aromatic carbocycles. The Kier molecular flexibility index (Phi) is 6.80. The van der Waals surface area contributed by atoms with E-state index >= 15 is 0 Å². The lowest BCUT2D eigenvalue weighted by atomic mass is 9.95. The Labute approximate surface area is 159 Å². The van der Waals surface area contributed by atoms with Gasteiger partial charge in [-0.1, -0.05) is 31.4 Å². The fourth-order valence-electron chi connectivity index (χ4n) is 3.43. The van der Waals surface area contributed by atoms with E-state index in [2.05, 4.69) is 23.7 Å². The van der Waals surface area contributed by atoms with Crippen LogP contribution in [0.1, 0.15) is 48.1 Å². The Morgan fingerprint density at radius 3 is 2.54 bits per heavy atom. The molecule has 1 fully saturated rings. The summed E-state index contributed by atoms with van der Waals surface area (Å²) in [5, 5.41) is 5.50. The van der Waals surface area contributed by atoms with Crippen LogP contribution in [0.4, 0.5) is 4.39 Å². The third-order valence-electron chi connectivity index (χ3n) is 5.09. The van der Waals surface area contributed by atoms with Crippen molar-refractivity contribution in [3.05, 3.63) is 57.5 Å². The second-order valence-electron chi connectivity index (χ2n) is 7.12. The Balaban J connectivity index is 1.65. The van der Waals surface area contributed by atoms with Crippen LogP contribution in [-0.4, -0.2) is 23.4 Å². The van der Waals surface area contributed by atoms with Gasteiger partial charge in [-0.05, 0) is 54.5 Å². The van der Waals surface area contributed by atoms with Crippen molar-refractivity contribution in [2.24, 2.45) is 0 Å². The van der Waals surface area contributed by atoms with Crippen molar-refractivity contribution in [3.8, 4) is 0 Å². The average Bonchev–Trinajstić information content (AvgIpc) is 3.06. The van der Waals surface area contributed by atoms with Crippen molar-refractivity contribution in [1.82, 2.24) is 10.2 Å². The number of nitrogens with one attached hydrogen (secondary N) is 1. The number of hydrogen-bond donors (Lipinski definition) is 1. The van der Waals surface area contributed by atoms with Crippen molar-refractivity contribution in [2.45, 2.75) is 58.2 Å². The third kappa shape index (κ3) is 5.39.